The van der Waals surface area contributed by atoms with E-state index in [0.29, 0.717) is 36.5 Å². The molecule has 0 aliphatic carbocycles. The summed E-state index contributed by atoms with van der Waals surface area (Å²) < 4.78 is 11.4. The number of aromatic amines is 1. The van der Waals surface area contributed by atoms with Crippen LogP contribution in [0.3, 0.4) is 0 Å². The number of fused-ring (bicyclic) bond motifs is 2. The number of nitrogens with zero attached hydrogens (tertiary/aromatic N) is 4. The molecule has 0 radical (unpaired) electrons. The predicted molar refractivity (Wildman–Crippen MR) is 91.6 cm³/mol. The van der Waals surface area contributed by atoms with Crippen LogP contribution in [-0.2, 0) is 17.7 Å². The number of hydrogen-bond donors (Lipinski definition) is 1. The van der Waals surface area contributed by atoms with Crippen LogP contribution >= 0.6 is 0 Å². The molecule has 26 heavy (non-hydrogen) atoms. The maximum absolute atomic E-state index is 12.9. The largest absolute Gasteiger partial charge is 0.445 e. The van der Waals surface area contributed by atoms with E-state index in [-0.39, 0.29) is 5.91 Å². The third-order valence-corrected chi connectivity index (χ3v) is 5.17. The van der Waals surface area contributed by atoms with Gasteiger partial charge in [0.2, 0.25) is 0 Å². The summed E-state index contributed by atoms with van der Waals surface area (Å²) in [5.74, 6) is 2.03. The number of H-pyrrole nitrogens is 1. The first kappa shape index (κ1) is 15.5. The van der Waals surface area contributed by atoms with Crippen LogP contribution in [0.15, 0.2) is 22.6 Å². The third kappa shape index (κ3) is 2.66. The molecule has 1 aromatic carbocycles. The molecule has 2 aliphatic heterocycles. The van der Waals surface area contributed by atoms with E-state index < -0.39 is 0 Å². The lowest BCUT2D eigenvalue weighted by Crippen LogP contribution is -2.35. The summed E-state index contributed by atoms with van der Waals surface area (Å²) in [6.07, 6.45) is 2.59. The van der Waals surface area contributed by atoms with Crippen molar-refractivity contribution < 1.29 is 13.9 Å². The fraction of sp³-hybridized carbons (Fsp3) is 0.444. The Morgan fingerprint density at radius 2 is 2.04 bits per heavy atom. The van der Waals surface area contributed by atoms with Crippen molar-refractivity contribution in [3.05, 3.63) is 41.1 Å². The van der Waals surface area contributed by atoms with Crippen LogP contribution in [0.25, 0.3) is 11.0 Å². The second-order valence-electron chi connectivity index (χ2n) is 6.81. The number of nitrogens with one attached hydrogen (secondary N) is 1. The van der Waals surface area contributed by atoms with Crippen molar-refractivity contribution in [2.45, 2.75) is 31.7 Å². The minimum Gasteiger partial charge on any atom is -0.445 e. The lowest BCUT2D eigenvalue weighted by molar-refractivity contribution is 0.0726. The van der Waals surface area contributed by atoms with Gasteiger partial charge in [-0.05, 0) is 31.0 Å². The van der Waals surface area contributed by atoms with Gasteiger partial charge in [-0.25, -0.2) is 4.98 Å². The van der Waals surface area contributed by atoms with Crippen molar-refractivity contribution in [2.24, 2.45) is 0 Å². The molecule has 0 atom stereocenters. The number of benzene rings is 1. The van der Waals surface area contributed by atoms with Gasteiger partial charge in [0.25, 0.3) is 5.91 Å². The summed E-state index contributed by atoms with van der Waals surface area (Å²) in [6.45, 7) is 2.63. The minimum absolute atomic E-state index is 0.0174. The Labute approximate surface area is 149 Å². The molecule has 0 bridgehead atoms. The monoisotopic (exact) mass is 353 g/mol. The number of carbonyl (C=O) groups excluding carboxylic acids is 1. The molecule has 134 valence electrons. The molecule has 3 aromatic rings. The van der Waals surface area contributed by atoms with Crippen molar-refractivity contribution in [3.63, 3.8) is 0 Å². The number of oxazole rings is 1. The molecular formula is C18H19N5O3. The number of carbonyl (C=O) groups is 1. The van der Waals surface area contributed by atoms with Crippen molar-refractivity contribution in [1.29, 1.82) is 0 Å². The maximum Gasteiger partial charge on any atom is 0.254 e. The first-order chi connectivity index (χ1) is 12.8. The van der Waals surface area contributed by atoms with Crippen LogP contribution in [0.5, 0.6) is 0 Å². The van der Waals surface area contributed by atoms with E-state index in [2.05, 4.69) is 15.4 Å². The highest BCUT2D eigenvalue weighted by Gasteiger charge is 2.29. The van der Waals surface area contributed by atoms with Gasteiger partial charge in [0.05, 0.1) is 6.54 Å². The minimum atomic E-state index is -0.0174. The molecule has 1 fully saturated rings. The van der Waals surface area contributed by atoms with Crippen LogP contribution in [0.2, 0.25) is 0 Å². The van der Waals surface area contributed by atoms with Gasteiger partial charge < -0.3 is 14.1 Å². The summed E-state index contributed by atoms with van der Waals surface area (Å²) in [6, 6.07) is 5.37. The zero-order valence-corrected chi connectivity index (χ0v) is 14.3. The summed E-state index contributed by atoms with van der Waals surface area (Å²) in [7, 11) is 0. The Hall–Kier alpha value is -2.74. The molecule has 0 saturated carbocycles. The number of aromatic nitrogens is 4. The number of hydrogen-bond acceptors (Lipinski definition) is 6. The second-order valence-corrected chi connectivity index (χ2v) is 6.81. The van der Waals surface area contributed by atoms with Gasteiger partial charge in [-0.1, -0.05) is 0 Å². The summed E-state index contributed by atoms with van der Waals surface area (Å²) >= 11 is 0. The topological polar surface area (TPSA) is 97.1 Å². The van der Waals surface area contributed by atoms with Crippen molar-refractivity contribution >= 4 is 16.9 Å². The normalized spacial score (nSPS) is 18.2. The Morgan fingerprint density at radius 3 is 2.92 bits per heavy atom. The van der Waals surface area contributed by atoms with Crippen molar-refractivity contribution in [1.82, 2.24) is 25.3 Å². The van der Waals surface area contributed by atoms with Crippen LogP contribution < -0.4 is 0 Å². The number of amides is 1. The Morgan fingerprint density at radius 1 is 1.19 bits per heavy atom. The second kappa shape index (κ2) is 6.21. The first-order valence-corrected chi connectivity index (χ1v) is 8.94. The highest BCUT2D eigenvalue weighted by molar-refractivity contribution is 5.97. The standard InChI is InChI=1S/C18H19N5O3/c24-18(12-1-2-13-14(9-12)21-22-20-13)23-6-3-16-15(10-23)19-17(26-16)11-4-7-25-8-5-11/h1-2,9,11H,3-8,10H2,(H,20,21,22). The van der Waals surface area contributed by atoms with E-state index in [1.807, 2.05) is 4.90 Å². The molecule has 0 unspecified atom stereocenters. The van der Waals surface area contributed by atoms with Crippen LogP contribution in [0.4, 0.5) is 0 Å². The Kier molecular flexibility index (Phi) is 3.70. The van der Waals surface area contributed by atoms with E-state index in [4.69, 9.17) is 14.1 Å². The fourth-order valence-corrected chi connectivity index (χ4v) is 3.67. The van der Waals surface area contributed by atoms with E-state index in [1.54, 1.807) is 18.2 Å². The Bertz CT molecular complexity index is 957. The van der Waals surface area contributed by atoms with E-state index in [9.17, 15) is 4.79 Å². The summed E-state index contributed by atoms with van der Waals surface area (Å²) in [5.41, 5.74) is 2.94. The van der Waals surface area contributed by atoms with E-state index in [1.165, 1.54) is 0 Å². The lowest BCUT2D eigenvalue weighted by Gasteiger charge is -2.25. The molecule has 1 amide bonds. The molecule has 1 saturated heterocycles. The zero-order valence-electron chi connectivity index (χ0n) is 14.3. The molecule has 2 aliphatic rings. The van der Waals surface area contributed by atoms with Gasteiger partial charge in [-0.2, -0.15) is 15.4 Å². The van der Waals surface area contributed by atoms with Crippen LogP contribution in [0, 0.1) is 0 Å². The van der Waals surface area contributed by atoms with E-state index >= 15 is 0 Å². The molecule has 0 spiro atoms. The molecule has 4 heterocycles. The molecule has 1 N–H and O–H groups in total. The van der Waals surface area contributed by atoms with Gasteiger partial charge in [0.15, 0.2) is 5.89 Å². The van der Waals surface area contributed by atoms with Gasteiger partial charge >= 0.3 is 0 Å². The van der Waals surface area contributed by atoms with Crippen molar-refractivity contribution in [2.75, 3.05) is 19.8 Å². The quantitative estimate of drug-likeness (QED) is 0.757. The van der Waals surface area contributed by atoms with Gasteiger partial charge in [0.1, 0.15) is 22.5 Å². The highest BCUT2D eigenvalue weighted by Crippen LogP contribution is 2.30. The van der Waals surface area contributed by atoms with Crippen LogP contribution in [-0.4, -0.2) is 51.0 Å². The smallest absolute Gasteiger partial charge is 0.254 e. The average Bonchev–Trinajstić information content (AvgIpc) is 3.33. The number of rotatable bonds is 2. The fourth-order valence-electron chi connectivity index (χ4n) is 3.67. The van der Waals surface area contributed by atoms with Gasteiger partial charge in [-0.15, -0.1) is 0 Å². The maximum atomic E-state index is 12.9. The van der Waals surface area contributed by atoms with E-state index in [0.717, 1.165) is 48.9 Å². The zero-order chi connectivity index (χ0) is 17.5. The Balaban J connectivity index is 1.36. The predicted octanol–water partition coefficient (Wildman–Crippen LogP) is 2.04. The summed E-state index contributed by atoms with van der Waals surface area (Å²) in [4.78, 5) is 19.4. The molecule has 8 nitrogen and oxygen atoms in total. The molecule has 8 heteroatoms. The molecule has 5 rings (SSSR count). The van der Waals surface area contributed by atoms with Gasteiger partial charge in [-0.3, -0.25) is 4.79 Å². The average molecular weight is 353 g/mol. The molecular weight excluding hydrogens is 334 g/mol. The lowest BCUT2D eigenvalue weighted by atomic mass is 10.0. The SMILES string of the molecule is O=C(c1ccc2n[nH]nc2c1)N1CCc2oc(C3CCOCC3)nc2C1. The number of ether oxygens (including phenoxy) is 1. The molecule has 2 aromatic heterocycles. The van der Waals surface area contributed by atoms with Crippen molar-refractivity contribution in [3.8, 4) is 0 Å². The third-order valence-electron chi connectivity index (χ3n) is 5.17. The highest BCUT2D eigenvalue weighted by atomic mass is 16.5. The van der Waals surface area contributed by atoms with Gasteiger partial charge in [0, 0.05) is 37.7 Å². The van der Waals surface area contributed by atoms with Crippen LogP contribution in [0.1, 0.15) is 46.5 Å². The summed E-state index contributed by atoms with van der Waals surface area (Å²) in [5, 5.41) is 10.6. The first-order valence-electron chi connectivity index (χ1n) is 8.94.